The maximum Gasteiger partial charge on any atom is 0.255 e. The summed E-state index contributed by atoms with van der Waals surface area (Å²) in [5, 5.41) is 44.6. The van der Waals surface area contributed by atoms with Crippen LogP contribution in [0.2, 0.25) is 0 Å². The number of carbonyl (C=O) groups excluding carboxylic acids is 3. The van der Waals surface area contributed by atoms with Crippen LogP contribution in [-0.4, -0.2) is 99.7 Å². The van der Waals surface area contributed by atoms with Gasteiger partial charge in [-0.1, -0.05) is 0 Å². The van der Waals surface area contributed by atoms with Crippen LogP contribution in [0.5, 0.6) is 11.5 Å². The molecule has 0 unspecified atom stereocenters. The predicted octanol–water partition coefficient (Wildman–Crippen LogP) is 0.437. The van der Waals surface area contributed by atoms with Crippen molar-refractivity contribution in [2.24, 2.45) is 17.6 Å². The van der Waals surface area contributed by atoms with Gasteiger partial charge in [-0.3, -0.25) is 19.3 Å². The van der Waals surface area contributed by atoms with Gasteiger partial charge in [0, 0.05) is 30.1 Å². The molecular formula is C27H33N3O8. The van der Waals surface area contributed by atoms with E-state index in [1.807, 2.05) is 7.05 Å². The summed E-state index contributed by atoms with van der Waals surface area (Å²) in [6.07, 6.45) is 1.82. The number of amides is 1. The van der Waals surface area contributed by atoms with Crippen LogP contribution < -0.4 is 10.5 Å². The average molecular weight is 528 g/mol. The van der Waals surface area contributed by atoms with E-state index in [-0.39, 0.29) is 35.8 Å². The van der Waals surface area contributed by atoms with Gasteiger partial charge in [-0.05, 0) is 64.9 Å². The minimum atomic E-state index is -2.65. The van der Waals surface area contributed by atoms with Crippen LogP contribution in [0, 0.1) is 11.8 Å². The number of aliphatic hydroxyl groups excluding tert-OH is 2. The monoisotopic (exact) mass is 527 g/mol. The normalized spacial score (nSPS) is 30.3. The van der Waals surface area contributed by atoms with Crippen molar-refractivity contribution in [3.05, 3.63) is 40.2 Å². The molecule has 1 saturated carbocycles. The number of likely N-dealkylation sites (tertiary alicyclic amines) is 1. The zero-order valence-electron chi connectivity index (χ0n) is 21.6. The number of phenolic OH excluding ortho intramolecular Hbond substituents is 1. The number of ether oxygens (including phenoxy) is 1. The number of fused-ring (bicyclic) bond motifs is 3. The highest BCUT2D eigenvalue weighted by molar-refractivity contribution is 6.24. The molecule has 0 radical (unpaired) electrons. The number of aliphatic hydroxyl groups is 3. The fraction of sp³-hybridized carbons (Fsp3) is 0.519. The number of ketones is 2. The Morgan fingerprint density at radius 2 is 1.82 bits per heavy atom. The maximum atomic E-state index is 13.9. The van der Waals surface area contributed by atoms with Crippen molar-refractivity contribution in [2.75, 3.05) is 34.2 Å². The third-order valence-corrected chi connectivity index (χ3v) is 8.52. The first kappa shape index (κ1) is 26.2. The Bertz CT molecular complexity index is 1290. The molecule has 5 rings (SSSR count). The lowest BCUT2D eigenvalue weighted by molar-refractivity contribution is -0.153. The summed E-state index contributed by atoms with van der Waals surface area (Å²) in [7, 11) is 5.18. The van der Waals surface area contributed by atoms with Gasteiger partial charge in [0.1, 0.15) is 34.7 Å². The number of carbonyl (C=O) groups is 3. The Hall–Kier alpha value is -3.41. The Morgan fingerprint density at radius 1 is 1.16 bits per heavy atom. The van der Waals surface area contributed by atoms with Gasteiger partial charge in [0.15, 0.2) is 11.4 Å². The van der Waals surface area contributed by atoms with Crippen molar-refractivity contribution in [2.45, 2.75) is 43.4 Å². The second kappa shape index (κ2) is 9.11. The Kier molecular flexibility index (Phi) is 6.28. The van der Waals surface area contributed by atoms with Gasteiger partial charge in [-0.25, -0.2) is 0 Å². The van der Waals surface area contributed by atoms with Gasteiger partial charge < -0.3 is 35.8 Å². The summed E-state index contributed by atoms with van der Waals surface area (Å²) in [6, 6.07) is 1.91. The second-order valence-electron chi connectivity index (χ2n) is 11.0. The van der Waals surface area contributed by atoms with Crippen molar-refractivity contribution >= 4 is 23.2 Å². The van der Waals surface area contributed by atoms with Crippen molar-refractivity contribution in [1.29, 1.82) is 0 Å². The molecule has 38 heavy (non-hydrogen) atoms. The van der Waals surface area contributed by atoms with Crippen molar-refractivity contribution in [3.63, 3.8) is 0 Å². The highest BCUT2D eigenvalue weighted by atomic mass is 16.5. The van der Waals surface area contributed by atoms with E-state index in [2.05, 4.69) is 4.90 Å². The molecular weight excluding hydrogens is 494 g/mol. The second-order valence-corrected chi connectivity index (χ2v) is 11.0. The third kappa shape index (κ3) is 3.71. The van der Waals surface area contributed by atoms with E-state index in [9.17, 15) is 34.8 Å². The molecule has 1 aromatic carbocycles. The molecule has 11 heteroatoms. The van der Waals surface area contributed by atoms with Crippen LogP contribution in [0.1, 0.15) is 30.4 Å². The molecule has 1 aliphatic heterocycles. The Balaban J connectivity index is 1.62. The van der Waals surface area contributed by atoms with Crippen LogP contribution in [0.3, 0.4) is 0 Å². The number of nitrogens with zero attached hydrogens (tertiary/aromatic N) is 2. The van der Waals surface area contributed by atoms with Crippen molar-refractivity contribution in [1.82, 2.24) is 9.80 Å². The largest absolute Gasteiger partial charge is 0.508 e. The fourth-order valence-electron chi connectivity index (χ4n) is 6.61. The SMILES string of the molecule is CN1CCC(Oc2ccc(O)c3c2C[C@H]2C[C@H]4[C@H](N(C)C)C(=O)C(C(N)=O)=C(O)[C@@]4(O)C(=O)C2=C3O)CC1. The van der Waals surface area contributed by atoms with Crippen LogP contribution in [0.15, 0.2) is 29.0 Å². The molecule has 6 N–H and O–H groups in total. The molecule has 0 bridgehead atoms. The maximum absolute atomic E-state index is 13.9. The van der Waals surface area contributed by atoms with E-state index in [1.54, 1.807) is 20.2 Å². The lowest BCUT2D eigenvalue weighted by Gasteiger charge is -2.50. The molecule has 0 aromatic heterocycles. The number of rotatable bonds is 4. The molecule has 3 aliphatic carbocycles. The smallest absolute Gasteiger partial charge is 0.255 e. The summed E-state index contributed by atoms with van der Waals surface area (Å²) in [6.45, 7) is 1.75. The Morgan fingerprint density at radius 3 is 2.42 bits per heavy atom. The number of nitrogens with two attached hydrogens (primary N) is 1. The minimum absolute atomic E-state index is 0.0340. The molecule has 1 heterocycles. The standard InChI is InChI=1S/C27H33N3O8/c1-29(2)21-15-11-12-10-14-17(38-13-6-8-30(3)9-7-13)5-4-16(31)19(14)22(32)18(12)24(34)27(15,37)25(35)20(23(21)33)26(28)36/h4-5,12-13,15,21,31-32,35,37H,6-11H2,1-3H3,(H2,28,36)/t12-,15-,21-,27-/m0/s1. The number of benzene rings is 1. The summed E-state index contributed by atoms with van der Waals surface area (Å²) in [4.78, 5) is 42.8. The molecule has 4 atom stereocenters. The van der Waals surface area contributed by atoms with E-state index in [0.717, 1.165) is 25.9 Å². The highest BCUT2D eigenvalue weighted by Gasteiger charge is 2.64. The zero-order valence-corrected chi connectivity index (χ0v) is 21.6. The van der Waals surface area contributed by atoms with Crippen LogP contribution in [0.25, 0.3) is 5.76 Å². The average Bonchev–Trinajstić information content (AvgIpc) is 2.84. The number of hydrogen-bond acceptors (Lipinski definition) is 10. The summed E-state index contributed by atoms with van der Waals surface area (Å²) < 4.78 is 6.31. The molecule has 1 saturated heterocycles. The lowest BCUT2D eigenvalue weighted by atomic mass is 9.57. The van der Waals surface area contributed by atoms with Crippen molar-refractivity contribution < 1.29 is 39.5 Å². The van der Waals surface area contributed by atoms with E-state index in [1.165, 1.54) is 11.0 Å². The van der Waals surface area contributed by atoms with Crippen LogP contribution in [0.4, 0.5) is 0 Å². The van der Waals surface area contributed by atoms with Crippen molar-refractivity contribution in [3.8, 4) is 11.5 Å². The van der Waals surface area contributed by atoms with Gasteiger partial charge in [-0.2, -0.15) is 0 Å². The van der Waals surface area contributed by atoms with Gasteiger partial charge in [0.05, 0.1) is 11.6 Å². The summed E-state index contributed by atoms with van der Waals surface area (Å²) >= 11 is 0. The van der Waals surface area contributed by atoms with E-state index in [0.29, 0.717) is 11.3 Å². The fourth-order valence-corrected chi connectivity index (χ4v) is 6.61. The lowest BCUT2D eigenvalue weighted by Crippen LogP contribution is -2.65. The summed E-state index contributed by atoms with van der Waals surface area (Å²) in [5.41, 5.74) is 2.26. The number of piperidine rings is 1. The number of Topliss-reactive ketones (excluding diaryl/α,β-unsaturated/α-hetero) is 2. The van der Waals surface area contributed by atoms with Gasteiger partial charge in [-0.15, -0.1) is 0 Å². The van der Waals surface area contributed by atoms with Crippen LogP contribution in [-0.2, 0) is 20.8 Å². The highest BCUT2D eigenvalue weighted by Crippen LogP contribution is 2.53. The first-order valence-corrected chi connectivity index (χ1v) is 12.7. The number of aromatic hydroxyl groups is 1. The number of primary amides is 1. The van der Waals surface area contributed by atoms with E-state index >= 15 is 0 Å². The van der Waals surface area contributed by atoms with E-state index in [4.69, 9.17) is 10.5 Å². The quantitative estimate of drug-likeness (QED) is 0.346. The van der Waals surface area contributed by atoms with Gasteiger partial charge in [0.2, 0.25) is 5.78 Å². The number of likely N-dealkylation sites (N-methyl/N-ethyl adjacent to an activating group) is 1. The van der Waals surface area contributed by atoms with Crippen LogP contribution >= 0.6 is 0 Å². The van der Waals surface area contributed by atoms with E-state index < -0.39 is 58.0 Å². The number of phenols is 1. The topological polar surface area (TPSA) is 174 Å². The third-order valence-electron chi connectivity index (χ3n) is 8.52. The molecule has 0 spiro atoms. The zero-order chi connectivity index (χ0) is 27.7. The molecule has 11 nitrogen and oxygen atoms in total. The minimum Gasteiger partial charge on any atom is -0.508 e. The first-order valence-electron chi connectivity index (χ1n) is 12.7. The first-order chi connectivity index (χ1) is 17.9. The predicted molar refractivity (Wildman–Crippen MR) is 135 cm³/mol. The summed E-state index contributed by atoms with van der Waals surface area (Å²) in [5.74, 6) is -6.21. The number of hydrogen-bond donors (Lipinski definition) is 5. The molecule has 204 valence electrons. The molecule has 1 aromatic rings. The molecule has 4 aliphatic rings. The van der Waals surface area contributed by atoms with Gasteiger partial charge >= 0.3 is 0 Å². The van der Waals surface area contributed by atoms with Gasteiger partial charge in [0.25, 0.3) is 5.91 Å². The molecule has 2 fully saturated rings. The molecule has 1 amide bonds. The Labute approximate surface area is 219 Å².